The Bertz CT molecular complexity index is 906. The molecule has 6 nitrogen and oxygen atoms in total. The van der Waals surface area contributed by atoms with E-state index in [4.69, 9.17) is 4.74 Å². The van der Waals surface area contributed by atoms with Crippen molar-refractivity contribution in [1.82, 2.24) is 10.2 Å². The highest BCUT2D eigenvalue weighted by Gasteiger charge is 2.24. The summed E-state index contributed by atoms with van der Waals surface area (Å²) in [6, 6.07) is 14.1. The maximum absolute atomic E-state index is 12.8. The first-order valence-corrected chi connectivity index (χ1v) is 10.2. The second kappa shape index (κ2) is 8.76. The number of anilines is 1. The van der Waals surface area contributed by atoms with E-state index in [1.165, 1.54) is 11.1 Å². The van der Waals surface area contributed by atoms with Gasteiger partial charge in [0.1, 0.15) is 0 Å². The number of fused-ring (bicyclic) bond motifs is 1. The molecule has 1 fully saturated rings. The Kier molecular flexibility index (Phi) is 5.92. The van der Waals surface area contributed by atoms with Crippen LogP contribution in [0, 0.1) is 6.92 Å². The van der Waals surface area contributed by atoms with E-state index >= 15 is 0 Å². The lowest BCUT2D eigenvalue weighted by Crippen LogP contribution is -2.43. The van der Waals surface area contributed by atoms with Gasteiger partial charge in [0.25, 0.3) is 5.91 Å². The highest BCUT2D eigenvalue weighted by atomic mass is 16.5. The summed E-state index contributed by atoms with van der Waals surface area (Å²) in [5, 5.41) is 5.98. The number of nitrogens with zero attached hydrogens (tertiary/aromatic N) is 1. The van der Waals surface area contributed by atoms with Crippen LogP contribution in [-0.2, 0) is 16.0 Å². The van der Waals surface area contributed by atoms with Gasteiger partial charge in [0.15, 0.2) is 0 Å². The number of benzene rings is 2. The van der Waals surface area contributed by atoms with Gasteiger partial charge in [-0.1, -0.05) is 29.8 Å². The quantitative estimate of drug-likeness (QED) is 0.819. The van der Waals surface area contributed by atoms with E-state index in [-0.39, 0.29) is 17.9 Å². The summed E-state index contributed by atoms with van der Waals surface area (Å²) in [5.74, 6) is -0.0585. The van der Waals surface area contributed by atoms with Crippen LogP contribution in [-0.4, -0.2) is 49.6 Å². The number of carbonyl (C=O) groups is 2. The van der Waals surface area contributed by atoms with Gasteiger partial charge in [-0.3, -0.25) is 14.5 Å². The molecule has 0 radical (unpaired) electrons. The van der Waals surface area contributed by atoms with E-state index in [9.17, 15) is 9.59 Å². The third kappa shape index (κ3) is 4.66. The Labute approximate surface area is 171 Å². The molecule has 0 bridgehead atoms. The maximum atomic E-state index is 12.8. The van der Waals surface area contributed by atoms with Crippen molar-refractivity contribution >= 4 is 17.5 Å². The molecule has 6 heteroatoms. The van der Waals surface area contributed by atoms with Crippen LogP contribution in [0.15, 0.2) is 42.5 Å². The van der Waals surface area contributed by atoms with Crippen LogP contribution in [0.4, 0.5) is 5.69 Å². The van der Waals surface area contributed by atoms with Gasteiger partial charge in [0, 0.05) is 37.3 Å². The molecule has 2 aromatic carbocycles. The average molecular weight is 393 g/mol. The number of carbonyl (C=O) groups excluding carboxylic acids is 2. The van der Waals surface area contributed by atoms with Crippen LogP contribution in [0.3, 0.4) is 0 Å². The number of hydrogen-bond acceptors (Lipinski definition) is 4. The minimum atomic E-state index is -0.0874. The summed E-state index contributed by atoms with van der Waals surface area (Å²) in [6.07, 6.45) is 1.13. The lowest BCUT2D eigenvalue weighted by Gasteiger charge is -2.35. The largest absolute Gasteiger partial charge is 0.379 e. The third-order valence-electron chi connectivity index (χ3n) is 5.63. The summed E-state index contributed by atoms with van der Waals surface area (Å²) in [6.45, 7) is 5.76. The van der Waals surface area contributed by atoms with E-state index in [0.717, 1.165) is 24.3 Å². The summed E-state index contributed by atoms with van der Waals surface area (Å²) in [7, 11) is 0. The van der Waals surface area contributed by atoms with Crippen molar-refractivity contribution < 1.29 is 14.3 Å². The van der Waals surface area contributed by atoms with Crippen molar-refractivity contribution in [3.63, 3.8) is 0 Å². The average Bonchev–Trinajstić information content (AvgIpc) is 2.74. The Morgan fingerprint density at radius 3 is 2.79 bits per heavy atom. The minimum absolute atomic E-state index is 0.0289. The first-order valence-electron chi connectivity index (χ1n) is 10.2. The van der Waals surface area contributed by atoms with Crippen molar-refractivity contribution in [2.75, 3.05) is 38.2 Å². The summed E-state index contributed by atoms with van der Waals surface area (Å²) >= 11 is 0. The van der Waals surface area contributed by atoms with Gasteiger partial charge < -0.3 is 15.4 Å². The molecule has 0 saturated carbocycles. The van der Waals surface area contributed by atoms with E-state index in [0.29, 0.717) is 38.2 Å². The van der Waals surface area contributed by atoms with Crippen LogP contribution in [0.5, 0.6) is 0 Å². The number of morpholine rings is 1. The molecule has 29 heavy (non-hydrogen) atoms. The van der Waals surface area contributed by atoms with Crippen LogP contribution < -0.4 is 10.6 Å². The molecule has 1 saturated heterocycles. The summed E-state index contributed by atoms with van der Waals surface area (Å²) in [5.41, 5.74) is 4.87. The Morgan fingerprint density at radius 1 is 1.17 bits per heavy atom. The van der Waals surface area contributed by atoms with Crippen LogP contribution in [0.25, 0.3) is 0 Å². The predicted octanol–water partition coefficient (Wildman–Crippen LogP) is 2.68. The highest BCUT2D eigenvalue weighted by Crippen LogP contribution is 2.25. The zero-order valence-corrected chi connectivity index (χ0v) is 16.7. The van der Waals surface area contributed by atoms with E-state index in [2.05, 4.69) is 46.7 Å². The lowest BCUT2D eigenvalue weighted by molar-refractivity contribution is -0.116. The molecule has 0 aromatic heterocycles. The van der Waals surface area contributed by atoms with Crippen molar-refractivity contribution in [3.05, 3.63) is 64.7 Å². The Hall–Kier alpha value is -2.70. The fourth-order valence-corrected chi connectivity index (χ4v) is 4.04. The number of ether oxygens (including phenoxy) is 1. The molecule has 2 aliphatic heterocycles. The molecule has 4 rings (SSSR count). The number of aryl methyl sites for hydroxylation is 2. The topological polar surface area (TPSA) is 70.7 Å². The fraction of sp³-hybridized carbons (Fsp3) is 0.391. The van der Waals surface area contributed by atoms with Gasteiger partial charge in [-0.2, -0.15) is 0 Å². The van der Waals surface area contributed by atoms with Crippen molar-refractivity contribution in [3.8, 4) is 0 Å². The molecule has 1 atom stereocenters. The minimum Gasteiger partial charge on any atom is -0.379 e. The molecular weight excluding hydrogens is 366 g/mol. The zero-order valence-electron chi connectivity index (χ0n) is 16.7. The van der Waals surface area contributed by atoms with Gasteiger partial charge in [0.2, 0.25) is 5.91 Å². The third-order valence-corrected chi connectivity index (χ3v) is 5.63. The smallest absolute Gasteiger partial charge is 0.251 e. The van der Waals surface area contributed by atoms with Crippen molar-refractivity contribution in [1.29, 1.82) is 0 Å². The van der Waals surface area contributed by atoms with Crippen LogP contribution in [0.1, 0.15) is 39.5 Å². The van der Waals surface area contributed by atoms with Gasteiger partial charge >= 0.3 is 0 Å². The predicted molar refractivity (Wildman–Crippen MR) is 112 cm³/mol. The molecule has 152 valence electrons. The molecule has 2 aliphatic rings. The van der Waals surface area contributed by atoms with E-state index < -0.39 is 0 Å². The van der Waals surface area contributed by atoms with E-state index in [1.54, 1.807) is 6.07 Å². The van der Waals surface area contributed by atoms with Crippen LogP contribution >= 0.6 is 0 Å². The van der Waals surface area contributed by atoms with Gasteiger partial charge in [-0.15, -0.1) is 0 Å². The Balaban J connectivity index is 1.48. The molecule has 0 aliphatic carbocycles. The second-order valence-electron chi connectivity index (χ2n) is 7.71. The standard InChI is InChI=1S/C23H27N3O3/c1-16-3-2-4-18(13-16)21(26-9-11-29-12-10-26)15-24-23(28)19-5-7-20-17(14-19)6-8-22(27)25-20/h2-5,7,13-14,21H,6,8-12,15H2,1H3,(H,24,28)(H,25,27). The monoisotopic (exact) mass is 393 g/mol. The number of rotatable bonds is 5. The SMILES string of the molecule is Cc1cccc(C(CNC(=O)c2ccc3c(c2)CCC(=O)N3)N2CCOCC2)c1. The van der Waals surface area contributed by atoms with Crippen molar-refractivity contribution in [2.24, 2.45) is 0 Å². The fourth-order valence-electron chi connectivity index (χ4n) is 4.04. The number of nitrogens with one attached hydrogen (secondary N) is 2. The first-order chi connectivity index (χ1) is 14.1. The maximum Gasteiger partial charge on any atom is 0.251 e. The van der Waals surface area contributed by atoms with Gasteiger partial charge in [-0.25, -0.2) is 0 Å². The molecule has 0 spiro atoms. The molecular formula is C23H27N3O3. The highest BCUT2D eigenvalue weighted by molar-refractivity contribution is 5.97. The van der Waals surface area contributed by atoms with Crippen molar-refractivity contribution in [2.45, 2.75) is 25.8 Å². The number of amides is 2. The molecule has 2 amide bonds. The van der Waals surface area contributed by atoms with Crippen LogP contribution in [0.2, 0.25) is 0 Å². The van der Waals surface area contributed by atoms with Gasteiger partial charge in [0.05, 0.1) is 19.3 Å². The number of hydrogen-bond donors (Lipinski definition) is 2. The molecule has 1 unspecified atom stereocenters. The Morgan fingerprint density at radius 2 is 2.00 bits per heavy atom. The molecule has 2 heterocycles. The summed E-state index contributed by atoms with van der Waals surface area (Å²) < 4.78 is 5.51. The molecule has 2 aromatic rings. The lowest BCUT2D eigenvalue weighted by atomic mass is 9.99. The normalized spacial score (nSPS) is 17.9. The first kappa shape index (κ1) is 19.6. The summed E-state index contributed by atoms with van der Waals surface area (Å²) in [4.78, 5) is 26.7. The molecule has 2 N–H and O–H groups in total. The van der Waals surface area contributed by atoms with E-state index in [1.807, 2.05) is 12.1 Å². The van der Waals surface area contributed by atoms with Gasteiger partial charge in [-0.05, 0) is 42.7 Å². The zero-order chi connectivity index (χ0) is 20.2. The second-order valence-corrected chi connectivity index (χ2v) is 7.71.